The van der Waals surface area contributed by atoms with Gasteiger partial charge in [0.1, 0.15) is 6.33 Å². The average Bonchev–Trinajstić information content (AvgIpc) is 2.19. The second kappa shape index (κ2) is 3.83. The summed E-state index contributed by atoms with van der Waals surface area (Å²) in [7, 11) is 0. The molecule has 1 aliphatic rings. The fraction of sp³-hybridized carbons (Fsp3) is 0.600. The van der Waals surface area contributed by atoms with Crippen molar-refractivity contribution in [1.82, 2.24) is 15.3 Å². The summed E-state index contributed by atoms with van der Waals surface area (Å²) in [5.41, 5.74) is 1.27. The van der Waals surface area contributed by atoms with E-state index >= 15 is 0 Å². The third-order valence-corrected chi connectivity index (χ3v) is 2.62. The lowest BCUT2D eigenvalue weighted by molar-refractivity contribution is 0.363. The standard InChI is InChI=1S/C10H15N3/c1-8-2-9(4-11-3-8)10-5-12-7-13-6-10/h5-9,11H,2-4H2,1H3. The molecule has 1 saturated heterocycles. The summed E-state index contributed by atoms with van der Waals surface area (Å²) in [6, 6.07) is 0. The Labute approximate surface area is 78.6 Å². The van der Waals surface area contributed by atoms with E-state index in [1.807, 2.05) is 12.4 Å². The van der Waals surface area contributed by atoms with Crippen LogP contribution in [0.15, 0.2) is 18.7 Å². The summed E-state index contributed by atoms with van der Waals surface area (Å²) in [5.74, 6) is 1.36. The van der Waals surface area contributed by atoms with Gasteiger partial charge in [0.25, 0.3) is 0 Å². The number of aromatic nitrogens is 2. The molecular formula is C10H15N3. The van der Waals surface area contributed by atoms with Crippen LogP contribution in [0.1, 0.15) is 24.8 Å². The van der Waals surface area contributed by atoms with Gasteiger partial charge in [-0.1, -0.05) is 6.92 Å². The van der Waals surface area contributed by atoms with Crippen LogP contribution in [0.5, 0.6) is 0 Å². The first-order valence-corrected chi connectivity index (χ1v) is 4.82. The Kier molecular flexibility index (Phi) is 2.54. The van der Waals surface area contributed by atoms with E-state index in [1.54, 1.807) is 6.33 Å². The molecule has 3 heteroatoms. The zero-order chi connectivity index (χ0) is 9.10. The van der Waals surface area contributed by atoms with E-state index in [-0.39, 0.29) is 0 Å². The predicted octanol–water partition coefficient (Wildman–Crippen LogP) is 1.19. The first-order valence-electron chi connectivity index (χ1n) is 4.82. The van der Waals surface area contributed by atoms with Gasteiger partial charge in [-0.3, -0.25) is 0 Å². The SMILES string of the molecule is CC1CNCC(c2cncnc2)C1. The van der Waals surface area contributed by atoms with Gasteiger partial charge in [0.2, 0.25) is 0 Å². The van der Waals surface area contributed by atoms with Crippen LogP contribution in [0.2, 0.25) is 0 Å². The highest BCUT2D eigenvalue weighted by Gasteiger charge is 2.19. The predicted molar refractivity (Wildman–Crippen MR) is 51.4 cm³/mol. The van der Waals surface area contributed by atoms with Crippen LogP contribution < -0.4 is 5.32 Å². The van der Waals surface area contributed by atoms with Crippen molar-refractivity contribution in [2.75, 3.05) is 13.1 Å². The minimum Gasteiger partial charge on any atom is -0.316 e. The van der Waals surface area contributed by atoms with Gasteiger partial charge in [-0.05, 0) is 30.4 Å². The molecule has 2 unspecified atom stereocenters. The average molecular weight is 177 g/mol. The molecular weight excluding hydrogens is 162 g/mol. The quantitative estimate of drug-likeness (QED) is 0.700. The van der Waals surface area contributed by atoms with Crippen molar-refractivity contribution in [3.63, 3.8) is 0 Å². The molecule has 3 nitrogen and oxygen atoms in total. The molecule has 13 heavy (non-hydrogen) atoms. The molecule has 1 fully saturated rings. The summed E-state index contributed by atoms with van der Waals surface area (Å²) in [5, 5.41) is 3.43. The Morgan fingerprint density at radius 1 is 1.31 bits per heavy atom. The normalized spacial score (nSPS) is 28.7. The van der Waals surface area contributed by atoms with Crippen molar-refractivity contribution in [1.29, 1.82) is 0 Å². The van der Waals surface area contributed by atoms with Crippen LogP contribution in [0.4, 0.5) is 0 Å². The molecule has 1 aliphatic heterocycles. The number of piperidine rings is 1. The highest BCUT2D eigenvalue weighted by Crippen LogP contribution is 2.24. The van der Waals surface area contributed by atoms with Gasteiger partial charge < -0.3 is 5.32 Å². The monoisotopic (exact) mass is 177 g/mol. The molecule has 1 aromatic heterocycles. The number of hydrogen-bond acceptors (Lipinski definition) is 3. The second-order valence-corrected chi connectivity index (χ2v) is 3.87. The van der Waals surface area contributed by atoms with E-state index in [9.17, 15) is 0 Å². The Bertz CT molecular complexity index is 260. The minimum absolute atomic E-state index is 0.602. The van der Waals surface area contributed by atoms with Gasteiger partial charge in [0.05, 0.1) is 0 Å². The fourth-order valence-electron chi connectivity index (χ4n) is 1.93. The molecule has 70 valence electrons. The summed E-state index contributed by atoms with van der Waals surface area (Å²) in [6.07, 6.45) is 6.69. The maximum absolute atomic E-state index is 4.05. The Hall–Kier alpha value is -0.960. The third-order valence-electron chi connectivity index (χ3n) is 2.62. The zero-order valence-corrected chi connectivity index (χ0v) is 7.90. The maximum atomic E-state index is 4.05. The molecule has 2 rings (SSSR count). The summed E-state index contributed by atoms with van der Waals surface area (Å²) in [4.78, 5) is 8.09. The van der Waals surface area contributed by atoms with Gasteiger partial charge >= 0.3 is 0 Å². The topological polar surface area (TPSA) is 37.8 Å². The number of hydrogen-bond donors (Lipinski definition) is 1. The highest BCUT2D eigenvalue weighted by molar-refractivity contribution is 5.11. The van der Waals surface area contributed by atoms with Crippen LogP contribution in [0, 0.1) is 5.92 Å². The molecule has 0 bridgehead atoms. The van der Waals surface area contributed by atoms with Crippen LogP contribution in [-0.2, 0) is 0 Å². The summed E-state index contributed by atoms with van der Waals surface area (Å²) >= 11 is 0. The van der Waals surface area contributed by atoms with Gasteiger partial charge in [-0.2, -0.15) is 0 Å². The second-order valence-electron chi connectivity index (χ2n) is 3.87. The van der Waals surface area contributed by atoms with Crippen LogP contribution in [0.3, 0.4) is 0 Å². The number of nitrogens with zero attached hydrogens (tertiary/aromatic N) is 2. The van der Waals surface area contributed by atoms with E-state index in [1.165, 1.54) is 12.0 Å². The molecule has 1 aromatic rings. The minimum atomic E-state index is 0.602. The highest BCUT2D eigenvalue weighted by atomic mass is 14.9. The van der Waals surface area contributed by atoms with E-state index in [2.05, 4.69) is 22.2 Å². The smallest absolute Gasteiger partial charge is 0.115 e. The Morgan fingerprint density at radius 3 is 2.77 bits per heavy atom. The fourth-order valence-corrected chi connectivity index (χ4v) is 1.93. The molecule has 0 aromatic carbocycles. The van der Waals surface area contributed by atoms with Crippen molar-refractivity contribution < 1.29 is 0 Å². The number of rotatable bonds is 1. The molecule has 0 amide bonds. The lowest BCUT2D eigenvalue weighted by atomic mass is 9.88. The van der Waals surface area contributed by atoms with E-state index < -0.39 is 0 Å². The Morgan fingerprint density at radius 2 is 2.08 bits per heavy atom. The zero-order valence-electron chi connectivity index (χ0n) is 7.90. The van der Waals surface area contributed by atoms with Gasteiger partial charge in [0.15, 0.2) is 0 Å². The van der Waals surface area contributed by atoms with Crippen LogP contribution in [0.25, 0.3) is 0 Å². The largest absolute Gasteiger partial charge is 0.316 e. The third kappa shape index (κ3) is 2.04. The maximum Gasteiger partial charge on any atom is 0.115 e. The molecule has 2 atom stereocenters. The molecule has 0 radical (unpaired) electrons. The van der Waals surface area contributed by atoms with Crippen molar-refractivity contribution >= 4 is 0 Å². The molecule has 0 saturated carbocycles. The Balaban J connectivity index is 2.08. The van der Waals surface area contributed by atoms with Gasteiger partial charge in [-0.15, -0.1) is 0 Å². The number of nitrogens with one attached hydrogen (secondary N) is 1. The van der Waals surface area contributed by atoms with E-state index in [0.29, 0.717) is 5.92 Å². The first kappa shape index (κ1) is 8.63. The first-order chi connectivity index (χ1) is 6.36. The van der Waals surface area contributed by atoms with Gasteiger partial charge in [0, 0.05) is 18.9 Å². The lowest BCUT2D eigenvalue weighted by Gasteiger charge is -2.27. The molecule has 0 aliphatic carbocycles. The summed E-state index contributed by atoms with van der Waals surface area (Å²) in [6.45, 7) is 4.49. The van der Waals surface area contributed by atoms with Crippen LogP contribution in [-0.4, -0.2) is 23.1 Å². The van der Waals surface area contributed by atoms with E-state index in [4.69, 9.17) is 0 Å². The molecule has 2 heterocycles. The molecule has 1 N–H and O–H groups in total. The van der Waals surface area contributed by atoms with Crippen molar-refractivity contribution in [3.05, 3.63) is 24.3 Å². The van der Waals surface area contributed by atoms with E-state index in [0.717, 1.165) is 19.0 Å². The summed E-state index contributed by atoms with van der Waals surface area (Å²) < 4.78 is 0. The lowest BCUT2D eigenvalue weighted by Crippen LogP contribution is -2.33. The van der Waals surface area contributed by atoms with Crippen molar-refractivity contribution in [2.45, 2.75) is 19.3 Å². The van der Waals surface area contributed by atoms with Crippen molar-refractivity contribution in [3.8, 4) is 0 Å². The van der Waals surface area contributed by atoms with Gasteiger partial charge in [-0.25, -0.2) is 9.97 Å². The van der Waals surface area contributed by atoms with Crippen molar-refractivity contribution in [2.24, 2.45) is 5.92 Å². The molecule has 0 spiro atoms. The van der Waals surface area contributed by atoms with Crippen LogP contribution >= 0.6 is 0 Å².